The van der Waals surface area contributed by atoms with Crippen molar-refractivity contribution >= 4 is 28.9 Å². The molecule has 3 atom stereocenters. The van der Waals surface area contributed by atoms with Crippen molar-refractivity contribution in [3.8, 4) is 10.4 Å². The summed E-state index contributed by atoms with van der Waals surface area (Å²) in [7, 11) is 0. The quantitative estimate of drug-likeness (QED) is 0.393. The summed E-state index contributed by atoms with van der Waals surface area (Å²) >= 11 is 1.59. The van der Waals surface area contributed by atoms with Gasteiger partial charge in [-0.3, -0.25) is 14.4 Å². The number of nitrogens with zero attached hydrogens (tertiary/aromatic N) is 2. The second kappa shape index (κ2) is 12.8. The number of ketones is 1. The van der Waals surface area contributed by atoms with E-state index in [-0.39, 0.29) is 24.0 Å². The molecule has 1 aliphatic heterocycles. The molecule has 1 saturated heterocycles. The molecule has 0 saturated carbocycles. The number of aryl methyl sites for hydroxylation is 1. The molecule has 2 heterocycles. The van der Waals surface area contributed by atoms with Crippen LogP contribution in [0.15, 0.2) is 29.8 Å². The predicted molar refractivity (Wildman–Crippen MR) is 149 cm³/mol. The maximum Gasteiger partial charge on any atom is 0.243 e. The summed E-state index contributed by atoms with van der Waals surface area (Å²) in [4.78, 5) is 46.5. The fraction of sp³-hybridized carbons (Fsp3) is 0.586. The zero-order valence-electron chi connectivity index (χ0n) is 22.9. The van der Waals surface area contributed by atoms with Gasteiger partial charge in [-0.1, -0.05) is 64.8 Å². The number of benzene rings is 1. The molecule has 3 rings (SSSR count). The minimum atomic E-state index is -0.681. The first-order valence-electron chi connectivity index (χ1n) is 13.4. The Labute approximate surface area is 225 Å². The van der Waals surface area contributed by atoms with E-state index in [1.54, 1.807) is 16.2 Å². The van der Waals surface area contributed by atoms with Crippen molar-refractivity contribution in [3.63, 3.8) is 0 Å². The number of Topliss-reactive ketones (excluding diaryl/α,β-unsaturated/α-hetero) is 1. The van der Waals surface area contributed by atoms with Gasteiger partial charge in [-0.05, 0) is 42.7 Å². The lowest BCUT2D eigenvalue weighted by Crippen LogP contribution is -2.55. The molecular weight excluding hydrogens is 484 g/mol. The molecule has 0 aliphatic carbocycles. The van der Waals surface area contributed by atoms with Crippen LogP contribution in [0.2, 0.25) is 0 Å². The predicted octanol–water partition coefficient (Wildman–Crippen LogP) is 5.18. The van der Waals surface area contributed by atoms with Gasteiger partial charge in [-0.15, -0.1) is 11.3 Å². The summed E-state index contributed by atoms with van der Waals surface area (Å²) in [6, 6.07) is 6.29. The van der Waals surface area contributed by atoms with Crippen molar-refractivity contribution in [2.75, 3.05) is 6.54 Å². The minimum Gasteiger partial charge on any atom is -0.347 e. The number of hydrogen-bond donors (Lipinski definition) is 2. The van der Waals surface area contributed by atoms with Crippen LogP contribution in [0.25, 0.3) is 10.4 Å². The van der Waals surface area contributed by atoms with Crippen LogP contribution < -0.4 is 11.1 Å². The number of nitrogens with one attached hydrogen (secondary N) is 1. The van der Waals surface area contributed by atoms with Crippen molar-refractivity contribution in [3.05, 3.63) is 41.0 Å². The van der Waals surface area contributed by atoms with Crippen LogP contribution in [0.3, 0.4) is 0 Å². The molecule has 8 heteroatoms. The summed E-state index contributed by atoms with van der Waals surface area (Å²) in [6.07, 6.45) is 5.00. The van der Waals surface area contributed by atoms with Crippen LogP contribution >= 0.6 is 11.3 Å². The van der Waals surface area contributed by atoms with E-state index in [2.05, 4.69) is 17.2 Å². The molecule has 3 unspecified atom stereocenters. The van der Waals surface area contributed by atoms with Crippen molar-refractivity contribution in [1.29, 1.82) is 0 Å². The van der Waals surface area contributed by atoms with Gasteiger partial charge in [0.15, 0.2) is 0 Å². The Morgan fingerprint density at radius 3 is 2.49 bits per heavy atom. The van der Waals surface area contributed by atoms with E-state index in [9.17, 15) is 14.4 Å². The van der Waals surface area contributed by atoms with E-state index < -0.39 is 23.5 Å². The van der Waals surface area contributed by atoms with Gasteiger partial charge in [0, 0.05) is 19.4 Å². The first-order valence-corrected chi connectivity index (χ1v) is 14.3. The molecule has 1 fully saturated rings. The van der Waals surface area contributed by atoms with E-state index in [1.807, 2.05) is 57.5 Å². The molecule has 7 nitrogen and oxygen atoms in total. The number of carbonyl (C=O) groups excluding carboxylic acids is 3. The molecule has 202 valence electrons. The normalized spacial score (nSPS) is 17.5. The molecule has 0 spiro atoms. The number of rotatable bonds is 11. The van der Waals surface area contributed by atoms with Crippen LogP contribution in [0.1, 0.15) is 89.9 Å². The molecule has 0 radical (unpaired) electrons. The van der Waals surface area contributed by atoms with Gasteiger partial charge in [-0.2, -0.15) is 0 Å². The fourth-order valence-electron chi connectivity index (χ4n) is 4.72. The average Bonchev–Trinajstić information content (AvgIpc) is 3.51. The third-order valence-electron chi connectivity index (χ3n) is 7.17. The first-order chi connectivity index (χ1) is 17.5. The lowest BCUT2D eigenvalue weighted by atomic mass is 9.86. The van der Waals surface area contributed by atoms with Crippen molar-refractivity contribution in [2.45, 2.75) is 97.7 Å². The average molecular weight is 527 g/mol. The molecule has 2 aromatic rings. The third-order valence-corrected chi connectivity index (χ3v) is 8.14. The molecule has 1 aliphatic rings. The number of likely N-dealkylation sites (tertiary alicyclic amines) is 1. The largest absolute Gasteiger partial charge is 0.347 e. The van der Waals surface area contributed by atoms with Gasteiger partial charge < -0.3 is 16.0 Å². The SMILES string of the molecule is CCCCCC(=O)CC(NC(=O)C1CCCN1C(=O)C(N)C(C)(C)C)c1ccc(-c2scnc2C)cc1. The Morgan fingerprint density at radius 1 is 1.19 bits per heavy atom. The molecular formula is C29H42N4O3S. The maximum atomic E-state index is 13.5. The minimum absolute atomic E-state index is 0.134. The molecule has 3 N–H and O–H groups in total. The lowest BCUT2D eigenvalue weighted by molar-refractivity contribution is -0.141. The number of amides is 2. The van der Waals surface area contributed by atoms with Gasteiger partial charge in [0.1, 0.15) is 11.8 Å². The molecule has 0 bridgehead atoms. The highest BCUT2D eigenvalue weighted by atomic mass is 32.1. The Morgan fingerprint density at radius 2 is 1.89 bits per heavy atom. The Bertz CT molecular complexity index is 1070. The van der Waals surface area contributed by atoms with Gasteiger partial charge in [-0.25, -0.2) is 4.98 Å². The van der Waals surface area contributed by atoms with Gasteiger partial charge in [0.25, 0.3) is 0 Å². The summed E-state index contributed by atoms with van der Waals surface area (Å²) in [6.45, 7) is 10.4. The van der Waals surface area contributed by atoms with Gasteiger partial charge in [0.05, 0.1) is 28.2 Å². The van der Waals surface area contributed by atoms with E-state index in [1.165, 1.54) is 0 Å². The van der Waals surface area contributed by atoms with E-state index in [0.29, 0.717) is 19.4 Å². The van der Waals surface area contributed by atoms with Crippen LogP contribution in [0.4, 0.5) is 0 Å². The number of carbonyl (C=O) groups is 3. The smallest absolute Gasteiger partial charge is 0.243 e. The summed E-state index contributed by atoms with van der Waals surface area (Å²) in [5.41, 5.74) is 10.6. The molecule has 1 aromatic heterocycles. The van der Waals surface area contributed by atoms with Crippen molar-refractivity contribution in [1.82, 2.24) is 15.2 Å². The highest BCUT2D eigenvalue weighted by Crippen LogP contribution is 2.30. The molecule has 37 heavy (non-hydrogen) atoms. The van der Waals surface area contributed by atoms with Crippen LogP contribution in [-0.4, -0.2) is 46.1 Å². The number of aromatic nitrogens is 1. The van der Waals surface area contributed by atoms with E-state index in [0.717, 1.165) is 47.4 Å². The summed E-state index contributed by atoms with van der Waals surface area (Å²) < 4.78 is 0. The topological polar surface area (TPSA) is 105 Å². The number of nitrogens with two attached hydrogens (primary N) is 1. The third kappa shape index (κ3) is 7.48. The number of unbranched alkanes of at least 4 members (excludes halogenated alkanes) is 2. The maximum absolute atomic E-state index is 13.5. The van der Waals surface area contributed by atoms with Gasteiger partial charge in [0.2, 0.25) is 11.8 Å². The summed E-state index contributed by atoms with van der Waals surface area (Å²) in [5.74, 6) is -0.280. The standard InChI is InChI=1S/C29H42N4O3S/c1-6-7-8-10-22(34)17-23(20-12-14-21(15-13-20)25-19(2)31-18-37-25)32-27(35)24-11-9-16-33(24)28(36)26(30)29(3,4)5/h12-15,18,23-24,26H,6-11,16-17,30H2,1-5H3,(H,32,35). The highest BCUT2D eigenvalue weighted by molar-refractivity contribution is 7.13. The van der Waals surface area contributed by atoms with Gasteiger partial charge >= 0.3 is 0 Å². The fourth-order valence-corrected chi connectivity index (χ4v) is 5.53. The first kappa shape index (κ1) is 29.0. The second-order valence-corrected chi connectivity index (χ2v) is 12.0. The molecule has 1 aromatic carbocycles. The highest BCUT2D eigenvalue weighted by Gasteiger charge is 2.40. The Hall–Kier alpha value is -2.58. The van der Waals surface area contributed by atoms with Crippen LogP contribution in [0, 0.1) is 12.3 Å². The van der Waals surface area contributed by atoms with E-state index in [4.69, 9.17) is 5.73 Å². The van der Waals surface area contributed by atoms with Crippen molar-refractivity contribution < 1.29 is 14.4 Å². The van der Waals surface area contributed by atoms with Crippen LogP contribution in [-0.2, 0) is 14.4 Å². The summed E-state index contributed by atoms with van der Waals surface area (Å²) in [5, 5.41) is 3.12. The number of thiazole rings is 1. The van der Waals surface area contributed by atoms with Crippen molar-refractivity contribution in [2.24, 2.45) is 11.1 Å². The molecule has 2 amide bonds. The number of hydrogen-bond acceptors (Lipinski definition) is 6. The second-order valence-electron chi connectivity index (χ2n) is 11.2. The lowest BCUT2D eigenvalue weighted by Gasteiger charge is -2.33. The zero-order valence-corrected chi connectivity index (χ0v) is 23.7. The Balaban J connectivity index is 1.79. The zero-order chi connectivity index (χ0) is 27.2. The van der Waals surface area contributed by atoms with E-state index >= 15 is 0 Å². The Kier molecular flexibility index (Phi) is 10.0. The monoisotopic (exact) mass is 526 g/mol. The van der Waals surface area contributed by atoms with Crippen LogP contribution in [0.5, 0.6) is 0 Å².